The van der Waals surface area contributed by atoms with Gasteiger partial charge in [0, 0.05) is 5.69 Å². The van der Waals surface area contributed by atoms with E-state index in [4.69, 9.17) is 0 Å². The number of anilines is 1. The molecule has 20 heavy (non-hydrogen) atoms. The molecule has 0 aromatic heterocycles. The van der Waals surface area contributed by atoms with Crippen molar-refractivity contribution in [1.29, 1.82) is 0 Å². The Kier molecular flexibility index (Phi) is 5.51. The number of methoxy groups -OCH3 is 2. The summed E-state index contributed by atoms with van der Waals surface area (Å²) in [6, 6.07) is 5.73. The van der Waals surface area contributed by atoms with E-state index in [0.717, 1.165) is 0 Å². The van der Waals surface area contributed by atoms with Crippen LogP contribution in [0.25, 0.3) is 0 Å². The molecule has 0 atom stereocenters. The van der Waals surface area contributed by atoms with Crippen molar-refractivity contribution < 1.29 is 27.5 Å². The van der Waals surface area contributed by atoms with Crippen LogP contribution in [0, 0.1) is 0 Å². The molecule has 0 spiro atoms. The highest BCUT2D eigenvalue weighted by atomic mass is 32.2. The minimum absolute atomic E-state index is 0.230. The van der Waals surface area contributed by atoms with Crippen LogP contribution < -0.4 is 4.72 Å². The molecule has 1 rings (SSSR count). The van der Waals surface area contributed by atoms with Crippen LogP contribution in [0.4, 0.5) is 5.69 Å². The fraction of sp³-hybridized carbons (Fsp3) is 0.333. The number of carbonyl (C=O) groups is 2. The van der Waals surface area contributed by atoms with Gasteiger partial charge in [0.25, 0.3) is 0 Å². The Balaban J connectivity index is 2.68. The Morgan fingerprint density at radius 2 is 1.70 bits per heavy atom. The van der Waals surface area contributed by atoms with Gasteiger partial charge in [-0.05, 0) is 24.3 Å². The number of benzene rings is 1. The molecular weight excluding hydrogens is 286 g/mol. The van der Waals surface area contributed by atoms with Crippen LogP contribution in [-0.4, -0.2) is 40.3 Å². The standard InChI is InChI=1S/C12H15NO6S/c1-18-11(14)7-8-20(16,17)13-10-5-3-9(4-6-10)12(15)19-2/h3-6,13H,7-8H2,1-2H3. The first-order valence-corrected chi connectivity index (χ1v) is 7.29. The quantitative estimate of drug-likeness (QED) is 0.779. The molecule has 0 saturated carbocycles. The van der Waals surface area contributed by atoms with Crippen LogP contribution in [0.3, 0.4) is 0 Å². The smallest absolute Gasteiger partial charge is 0.337 e. The molecule has 0 saturated heterocycles. The summed E-state index contributed by atoms with van der Waals surface area (Å²) in [5.74, 6) is -1.49. The number of rotatable bonds is 6. The molecule has 0 fully saturated rings. The van der Waals surface area contributed by atoms with Gasteiger partial charge in [-0.2, -0.15) is 0 Å². The second kappa shape index (κ2) is 6.90. The van der Waals surface area contributed by atoms with Crippen molar-refractivity contribution in [1.82, 2.24) is 0 Å². The monoisotopic (exact) mass is 301 g/mol. The van der Waals surface area contributed by atoms with Crippen LogP contribution in [0.2, 0.25) is 0 Å². The zero-order valence-corrected chi connectivity index (χ0v) is 11.9. The second-order valence-corrected chi connectivity index (χ2v) is 5.66. The van der Waals surface area contributed by atoms with E-state index in [2.05, 4.69) is 14.2 Å². The van der Waals surface area contributed by atoms with Crippen molar-refractivity contribution >= 4 is 27.6 Å². The number of sulfonamides is 1. The molecule has 1 aromatic carbocycles. The van der Waals surface area contributed by atoms with E-state index < -0.39 is 22.0 Å². The molecule has 0 radical (unpaired) electrons. The molecule has 1 N–H and O–H groups in total. The summed E-state index contributed by atoms with van der Waals surface area (Å²) in [5, 5.41) is 0. The molecule has 8 heteroatoms. The Morgan fingerprint density at radius 3 is 2.20 bits per heavy atom. The van der Waals surface area contributed by atoms with E-state index >= 15 is 0 Å². The van der Waals surface area contributed by atoms with Gasteiger partial charge in [-0.3, -0.25) is 9.52 Å². The highest BCUT2D eigenvalue weighted by molar-refractivity contribution is 7.92. The Labute approximate surface area is 116 Å². The summed E-state index contributed by atoms with van der Waals surface area (Å²) in [7, 11) is -1.20. The average Bonchev–Trinajstić information content (AvgIpc) is 2.44. The van der Waals surface area contributed by atoms with Crippen molar-refractivity contribution in [2.75, 3.05) is 24.7 Å². The fourth-order valence-corrected chi connectivity index (χ4v) is 2.38. The number of hydrogen-bond donors (Lipinski definition) is 1. The maximum atomic E-state index is 11.7. The number of carbonyl (C=O) groups excluding carboxylic acids is 2. The molecule has 7 nitrogen and oxygen atoms in total. The third kappa shape index (κ3) is 4.88. The lowest BCUT2D eigenvalue weighted by Gasteiger charge is -2.08. The first kappa shape index (κ1) is 16.0. The van der Waals surface area contributed by atoms with Gasteiger partial charge < -0.3 is 9.47 Å². The Hall–Kier alpha value is -2.09. The van der Waals surface area contributed by atoms with Crippen LogP contribution in [0.1, 0.15) is 16.8 Å². The van der Waals surface area contributed by atoms with Gasteiger partial charge in [0.1, 0.15) is 0 Å². The van der Waals surface area contributed by atoms with Gasteiger partial charge in [0.15, 0.2) is 0 Å². The van der Waals surface area contributed by atoms with E-state index in [1.54, 1.807) is 0 Å². The molecule has 0 bridgehead atoms. The van der Waals surface area contributed by atoms with E-state index in [0.29, 0.717) is 11.3 Å². The lowest BCUT2D eigenvalue weighted by atomic mass is 10.2. The minimum Gasteiger partial charge on any atom is -0.469 e. The first-order valence-electron chi connectivity index (χ1n) is 5.63. The first-order chi connectivity index (χ1) is 9.38. The SMILES string of the molecule is COC(=O)CCS(=O)(=O)Nc1ccc(C(=O)OC)cc1. The van der Waals surface area contributed by atoms with Crippen LogP contribution in [0.15, 0.2) is 24.3 Å². The predicted molar refractivity (Wildman–Crippen MR) is 71.8 cm³/mol. The van der Waals surface area contributed by atoms with Crippen LogP contribution in [-0.2, 0) is 24.3 Å². The zero-order valence-electron chi connectivity index (χ0n) is 11.1. The molecule has 0 amide bonds. The number of ether oxygens (including phenoxy) is 2. The predicted octanol–water partition coefficient (Wildman–Crippen LogP) is 0.778. The number of hydrogen-bond acceptors (Lipinski definition) is 6. The lowest BCUT2D eigenvalue weighted by Crippen LogP contribution is -2.19. The molecule has 110 valence electrons. The van der Waals surface area contributed by atoms with Gasteiger partial charge >= 0.3 is 11.9 Å². The molecule has 1 aromatic rings. The lowest BCUT2D eigenvalue weighted by molar-refractivity contribution is -0.140. The van der Waals surface area contributed by atoms with Gasteiger partial charge in [-0.25, -0.2) is 13.2 Å². The van der Waals surface area contributed by atoms with Gasteiger partial charge in [-0.1, -0.05) is 0 Å². The van der Waals surface area contributed by atoms with Crippen LogP contribution in [0.5, 0.6) is 0 Å². The third-order valence-corrected chi connectivity index (χ3v) is 3.67. The highest BCUT2D eigenvalue weighted by Crippen LogP contribution is 2.12. The molecular formula is C12H15NO6S. The highest BCUT2D eigenvalue weighted by Gasteiger charge is 2.14. The molecule has 0 aliphatic heterocycles. The summed E-state index contributed by atoms with van der Waals surface area (Å²) in [5.41, 5.74) is 0.604. The summed E-state index contributed by atoms with van der Waals surface area (Å²) < 4.78 is 34.6. The van der Waals surface area contributed by atoms with Gasteiger partial charge in [-0.15, -0.1) is 0 Å². The normalized spacial score (nSPS) is 10.7. The summed E-state index contributed by atoms with van der Waals surface area (Å²) >= 11 is 0. The minimum atomic E-state index is -3.65. The second-order valence-electron chi connectivity index (χ2n) is 3.82. The third-order valence-electron chi connectivity index (χ3n) is 2.38. The summed E-state index contributed by atoms with van der Waals surface area (Å²) in [6.45, 7) is 0. The fourth-order valence-electron chi connectivity index (χ4n) is 1.34. The average molecular weight is 301 g/mol. The molecule has 0 aliphatic rings. The van der Waals surface area contributed by atoms with Crippen molar-refractivity contribution in [2.45, 2.75) is 6.42 Å². The zero-order chi connectivity index (χ0) is 15.2. The molecule has 0 aliphatic carbocycles. The van der Waals surface area contributed by atoms with Gasteiger partial charge in [0.05, 0.1) is 32.0 Å². The molecule has 0 unspecified atom stereocenters. The number of nitrogens with one attached hydrogen (secondary N) is 1. The van der Waals surface area contributed by atoms with E-state index in [1.165, 1.54) is 38.5 Å². The molecule has 0 heterocycles. The Bertz CT molecular complexity index is 578. The van der Waals surface area contributed by atoms with E-state index in [9.17, 15) is 18.0 Å². The van der Waals surface area contributed by atoms with E-state index in [1.807, 2.05) is 0 Å². The van der Waals surface area contributed by atoms with Crippen molar-refractivity contribution in [3.05, 3.63) is 29.8 Å². The summed E-state index contributed by atoms with van der Waals surface area (Å²) in [4.78, 5) is 22.1. The van der Waals surface area contributed by atoms with Crippen LogP contribution >= 0.6 is 0 Å². The van der Waals surface area contributed by atoms with E-state index in [-0.39, 0.29) is 12.2 Å². The van der Waals surface area contributed by atoms with Gasteiger partial charge in [0.2, 0.25) is 10.0 Å². The topological polar surface area (TPSA) is 98.8 Å². The van der Waals surface area contributed by atoms with Crippen molar-refractivity contribution in [3.8, 4) is 0 Å². The number of esters is 2. The maximum absolute atomic E-state index is 11.7. The van der Waals surface area contributed by atoms with Crippen molar-refractivity contribution in [3.63, 3.8) is 0 Å². The largest absolute Gasteiger partial charge is 0.469 e. The summed E-state index contributed by atoms with van der Waals surface area (Å²) in [6.07, 6.45) is -0.230. The maximum Gasteiger partial charge on any atom is 0.337 e. The Morgan fingerprint density at radius 1 is 1.10 bits per heavy atom. The van der Waals surface area contributed by atoms with Crippen molar-refractivity contribution in [2.24, 2.45) is 0 Å².